The molecule has 0 bridgehead atoms. The Morgan fingerprint density at radius 2 is 1.80 bits per heavy atom. The fourth-order valence-corrected chi connectivity index (χ4v) is 2.65. The van der Waals surface area contributed by atoms with Gasteiger partial charge in [-0.3, -0.25) is 4.21 Å². The zero-order valence-electron chi connectivity index (χ0n) is 9.24. The van der Waals surface area contributed by atoms with Gasteiger partial charge in [0.2, 0.25) is 0 Å². The fraction of sp³-hybridized carbons (Fsp3) is 0.500. The molecule has 0 amide bonds. The average molecular weight is 225 g/mol. The third kappa shape index (κ3) is 4.58. The summed E-state index contributed by atoms with van der Waals surface area (Å²) in [7, 11) is -0.711. The van der Waals surface area contributed by atoms with Crippen LogP contribution in [-0.2, 0) is 23.1 Å². The zero-order valence-corrected chi connectivity index (χ0v) is 10.1. The van der Waals surface area contributed by atoms with E-state index in [1.807, 2.05) is 24.3 Å². The van der Waals surface area contributed by atoms with Crippen molar-refractivity contribution in [2.24, 2.45) is 5.73 Å². The summed E-state index contributed by atoms with van der Waals surface area (Å²) >= 11 is 0. The summed E-state index contributed by atoms with van der Waals surface area (Å²) in [4.78, 5) is 0. The molecule has 2 nitrogen and oxygen atoms in total. The van der Waals surface area contributed by atoms with E-state index in [1.54, 1.807) is 0 Å². The van der Waals surface area contributed by atoms with Crippen molar-refractivity contribution in [3.63, 3.8) is 0 Å². The van der Waals surface area contributed by atoms with Gasteiger partial charge < -0.3 is 5.73 Å². The minimum atomic E-state index is -0.711. The lowest BCUT2D eigenvalue weighted by molar-refractivity contribution is 0.679. The van der Waals surface area contributed by atoms with Crippen molar-refractivity contribution in [1.29, 1.82) is 0 Å². The normalized spacial score (nSPS) is 12.7. The molecule has 1 unspecified atom stereocenters. The lowest BCUT2D eigenvalue weighted by Gasteiger charge is -2.03. The van der Waals surface area contributed by atoms with E-state index in [1.165, 1.54) is 0 Å². The van der Waals surface area contributed by atoms with Gasteiger partial charge in [-0.1, -0.05) is 37.6 Å². The van der Waals surface area contributed by atoms with E-state index in [0.29, 0.717) is 12.3 Å². The van der Waals surface area contributed by atoms with Crippen LogP contribution in [0, 0.1) is 0 Å². The summed E-state index contributed by atoms with van der Waals surface area (Å²) in [5.74, 6) is 1.49. The molecule has 0 aliphatic heterocycles. The Bertz CT molecular complexity index is 308. The molecule has 2 N–H and O–H groups in total. The van der Waals surface area contributed by atoms with Gasteiger partial charge in [0.05, 0.1) is 0 Å². The highest BCUT2D eigenvalue weighted by Crippen LogP contribution is 2.07. The third-order valence-corrected chi connectivity index (χ3v) is 3.71. The summed E-state index contributed by atoms with van der Waals surface area (Å²) in [5.41, 5.74) is 7.77. The van der Waals surface area contributed by atoms with E-state index >= 15 is 0 Å². The van der Waals surface area contributed by atoms with Crippen LogP contribution in [0.25, 0.3) is 0 Å². The highest BCUT2D eigenvalue weighted by molar-refractivity contribution is 7.84. The first-order valence-electron chi connectivity index (χ1n) is 5.39. The number of benzene rings is 1. The SMILES string of the molecule is CCCCS(=O)Cc1ccc(CN)cc1. The molecule has 1 aromatic carbocycles. The van der Waals surface area contributed by atoms with Crippen LogP contribution >= 0.6 is 0 Å². The van der Waals surface area contributed by atoms with Gasteiger partial charge in [-0.2, -0.15) is 0 Å². The number of unbranched alkanes of at least 4 members (excludes halogenated alkanes) is 1. The molecule has 84 valence electrons. The number of rotatable bonds is 6. The van der Waals surface area contributed by atoms with Crippen molar-refractivity contribution in [2.45, 2.75) is 32.1 Å². The molecule has 0 saturated carbocycles. The summed E-state index contributed by atoms with van der Waals surface area (Å²) in [6.45, 7) is 2.69. The van der Waals surface area contributed by atoms with Gasteiger partial charge in [-0.05, 0) is 17.5 Å². The van der Waals surface area contributed by atoms with Gasteiger partial charge in [0.1, 0.15) is 0 Å². The molecule has 1 atom stereocenters. The van der Waals surface area contributed by atoms with Crippen molar-refractivity contribution in [3.8, 4) is 0 Å². The summed E-state index contributed by atoms with van der Waals surface area (Å²) < 4.78 is 11.6. The minimum absolute atomic E-state index is 0.569. The van der Waals surface area contributed by atoms with Crippen molar-refractivity contribution in [2.75, 3.05) is 5.75 Å². The molecule has 1 rings (SSSR count). The Labute approximate surface area is 94.3 Å². The molecule has 0 aromatic heterocycles. The molecular formula is C12H19NOS. The lowest BCUT2D eigenvalue weighted by Crippen LogP contribution is -2.01. The molecule has 3 heteroatoms. The largest absolute Gasteiger partial charge is 0.326 e. The van der Waals surface area contributed by atoms with E-state index in [2.05, 4.69) is 6.92 Å². The van der Waals surface area contributed by atoms with Crippen molar-refractivity contribution >= 4 is 10.8 Å². The second-order valence-electron chi connectivity index (χ2n) is 3.66. The first-order valence-corrected chi connectivity index (χ1v) is 6.88. The maximum atomic E-state index is 11.6. The standard InChI is InChI=1S/C12H19NOS/c1-2-3-8-15(14)10-12-6-4-11(9-13)5-7-12/h4-7H,2-3,8-10,13H2,1H3. The third-order valence-electron chi connectivity index (χ3n) is 2.31. The Hall–Kier alpha value is -0.670. The van der Waals surface area contributed by atoms with Crippen LogP contribution in [-0.4, -0.2) is 9.96 Å². The number of hydrogen-bond donors (Lipinski definition) is 1. The van der Waals surface area contributed by atoms with Gasteiger partial charge in [-0.25, -0.2) is 0 Å². The Morgan fingerprint density at radius 3 is 2.33 bits per heavy atom. The Morgan fingerprint density at radius 1 is 1.20 bits per heavy atom. The van der Waals surface area contributed by atoms with Gasteiger partial charge in [0.25, 0.3) is 0 Å². The highest BCUT2D eigenvalue weighted by Gasteiger charge is 2.01. The second-order valence-corrected chi connectivity index (χ2v) is 5.24. The quantitative estimate of drug-likeness (QED) is 0.806. The van der Waals surface area contributed by atoms with Crippen LogP contribution in [0.15, 0.2) is 24.3 Å². The number of nitrogens with two attached hydrogens (primary N) is 1. The van der Waals surface area contributed by atoms with Crippen LogP contribution in [0.2, 0.25) is 0 Å². The van der Waals surface area contributed by atoms with E-state index in [4.69, 9.17) is 5.73 Å². The molecule has 15 heavy (non-hydrogen) atoms. The first-order chi connectivity index (χ1) is 7.26. The summed E-state index contributed by atoms with van der Waals surface area (Å²) in [6, 6.07) is 8.05. The van der Waals surface area contributed by atoms with Crippen molar-refractivity contribution in [1.82, 2.24) is 0 Å². The van der Waals surface area contributed by atoms with Gasteiger partial charge in [0.15, 0.2) is 0 Å². The molecule has 0 heterocycles. The Kier molecular flexibility index (Phi) is 5.58. The van der Waals surface area contributed by atoms with E-state index in [-0.39, 0.29) is 0 Å². The van der Waals surface area contributed by atoms with Crippen molar-refractivity contribution < 1.29 is 4.21 Å². The van der Waals surface area contributed by atoms with E-state index in [9.17, 15) is 4.21 Å². The second kappa shape index (κ2) is 6.75. The monoisotopic (exact) mass is 225 g/mol. The molecule has 0 spiro atoms. The Balaban J connectivity index is 2.46. The van der Waals surface area contributed by atoms with Crippen LogP contribution in [0.1, 0.15) is 30.9 Å². The lowest BCUT2D eigenvalue weighted by atomic mass is 10.1. The van der Waals surface area contributed by atoms with E-state index < -0.39 is 10.8 Å². The van der Waals surface area contributed by atoms with Crippen LogP contribution in [0.4, 0.5) is 0 Å². The minimum Gasteiger partial charge on any atom is -0.326 e. The van der Waals surface area contributed by atoms with Gasteiger partial charge >= 0.3 is 0 Å². The maximum Gasteiger partial charge on any atom is 0.0485 e. The zero-order chi connectivity index (χ0) is 11.1. The van der Waals surface area contributed by atoms with Gasteiger partial charge in [0, 0.05) is 28.9 Å². The van der Waals surface area contributed by atoms with Crippen LogP contribution in [0.3, 0.4) is 0 Å². The van der Waals surface area contributed by atoms with Crippen LogP contribution in [0.5, 0.6) is 0 Å². The molecule has 0 aliphatic rings. The smallest absolute Gasteiger partial charge is 0.0485 e. The predicted molar refractivity (Wildman–Crippen MR) is 66.0 cm³/mol. The molecule has 0 saturated heterocycles. The van der Waals surface area contributed by atoms with E-state index in [0.717, 1.165) is 29.7 Å². The molecule has 1 aromatic rings. The summed E-state index contributed by atoms with van der Waals surface area (Å²) in [5, 5.41) is 0. The molecule has 0 aliphatic carbocycles. The molecule has 0 fully saturated rings. The van der Waals surface area contributed by atoms with Crippen LogP contribution < -0.4 is 5.73 Å². The first kappa shape index (κ1) is 12.4. The topological polar surface area (TPSA) is 43.1 Å². The van der Waals surface area contributed by atoms with Crippen molar-refractivity contribution in [3.05, 3.63) is 35.4 Å². The summed E-state index contributed by atoms with van der Waals surface area (Å²) in [6.07, 6.45) is 2.16. The molecule has 0 radical (unpaired) electrons. The number of hydrogen-bond acceptors (Lipinski definition) is 2. The fourth-order valence-electron chi connectivity index (χ4n) is 1.33. The maximum absolute atomic E-state index is 11.6. The molecular weight excluding hydrogens is 206 g/mol. The predicted octanol–water partition coefficient (Wildman–Crippen LogP) is 2.19. The average Bonchev–Trinajstić information content (AvgIpc) is 2.27. The van der Waals surface area contributed by atoms with Gasteiger partial charge in [-0.15, -0.1) is 0 Å². The highest BCUT2D eigenvalue weighted by atomic mass is 32.2.